The molecule has 0 bridgehead atoms. The summed E-state index contributed by atoms with van der Waals surface area (Å²) < 4.78 is 0. The quantitative estimate of drug-likeness (QED) is 0.734. The van der Waals surface area contributed by atoms with Crippen molar-refractivity contribution in [2.24, 2.45) is 11.5 Å². The van der Waals surface area contributed by atoms with E-state index in [1.165, 1.54) is 24.8 Å². The summed E-state index contributed by atoms with van der Waals surface area (Å²) in [5, 5.41) is 41.8. The maximum atomic E-state index is 8.35. The first-order valence-corrected chi connectivity index (χ1v) is 8.55. The predicted molar refractivity (Wildman–Crippen MR) is 73.8 cm³/mol. The summed E-state index contributed by atoms with van der Waals surface area (Å²) in [6.07, 6.45) is 1.97. The Bertz CT molecular complexity index is 463. The Morgan fingerprint density at radius 3 is 0.905 bits per heavy atom. The number of nitriles is 5. The van der Waals surface area contributed by atoms with Crippen molar-refractivity contribution in [2.75, 3.05) is 0 Å². The molecule has 0 unspecified atom stereocenters. The average Bonchev–Trinajstić information content (AvgIpc) is 2.41. The van der Waals surface area contributed by atoms with Crippen LogP contribution in [0.2, 0.25) is 0 Å². The van der Waals surface area contributed by atoms with E-state index in [1.54, 1.807) is 0 Å². The number of hydrogen-bond donors (Lipinski definition) is 2. The zero-order valence-electron chi connectivity index (χ0n) is 12.7. The summed E-state index contributed by atoms with van der Waals surface area (Å²) in [6.45, 7) is 8.11. The third-order valence-corrected chi connectivity index (χ3v) is 4.67. The van der Waals surface area contributed by atoms with Crippen LogP contribution < -0.4 is 11.5 Å². The van der Waals surface area contributed by atoms with Gasteiger partial charge in [0, 0.05) is 11.1 Å². The van der Waals surface area contributed by atoms with Crippen molar-refractivity contribution >= 4 is 0 Å². The van der Waals surface area contributed by atoms with Gasteiger partial charge in [-0.25, -0.2) is 0 Å². The summed E-state index contributed by atoms with van der Waals surface area (Å²) in [4.78, 5) is 6.12. The predicted octanol–water partition coefficient (Wildman–Crippen LogP) is 1.32. The van der Waals surface area contributed by atoms with Gasteiger partial charge in [-0.2, -0.15) is 0 Å². The van der Waals surface area contributed by atoms with Crippen LogP contribution in [0.4, 0.5) is 0 Å². The van der Waals surface area contributed by atoms with Crippen molar-refractivity contribution in [2.45, 2.75) is 51.6 Å². The van der Waals surface area contributed by atoms with E-state index in [0.29, 0.717) is 0 Å². The van der Waals surface area contributed by atoms with E-state index in [-0.39, 0.29) is 11.1 Å². The first-order chi connectivity index (χ1) is 9.32. The fourth-order valence-corrected chi connectivity index (χ4v) is 1.37. The van der Waals surface area contributed by atoms with E-state index < -0.39 is 11.8 Å². The molecule has 0 aliphatic heterocycles. The first-order valence-electron chi connectivity index (χ1n) is 5.79. The molecule has 4 N–H and O–H groups in total. The Morgan fingerprint density at radius 1 is 0.667 bits per heavy atom. The van der Waals surface area contributed by atoms with Crippen molar-refractivity contribution in [3.8, 4) is 24.8 Å². The molecule has 115 valence electrons. The molecule has 0 radical (unpaired) electrons. The zero-order chi connectivity index (χ0) is 17.4. The summed E-state index contributed by atoms with van der Waals surface area (Å²) in [5.74, 6) is 0. The fraction of sp³-hybridized carbons (Fsp3) is 0.615. The van der Waals surface area contributed by atoms with Gasteiger partial charge in [-0.1, -0.05) is 0 Å². The molecule has 0 aromatic heterocycles. The molecule has 0 rings (SSSR count). The third-order valence-electron chi connectivity index (χ3n) is 2.20. The second-order valence-electron chi connectivity index (χ2n) is 5.76. The van der Waals surface area contributed by atoms with Gasteiger partial charge in [0.2, 0.25) is 0 Å². The van der Waals surface area contributed by atoms with Crippen LogP contribution in [0.25, 0.3) is 0 Å². The molecule has 0 atom stereocenters. The summed E-state index contributed by atoms with van der Waals surface area (Å²) in [5.41, 5.74) is 11.4. The Balaban J connectivity index is 0. The topological polar surface area (TPSA) is 171 Å². The van der Waals surface area contributed by atoms with Crippen LogP contribution in [0.3, 0.4) is 0 Å². The summed E-state index contributed by atoms with van der Waals surface area (Å²) >= 11 is -4.78. The first kappa shape index (κ1) is 21.2. The van der Waals surface area contributed by atoms with Crippen LogP contribution in [0.5, 0.6) is 0 Å². The van der Waals surface area contributed by atoms with Gasteiger partial charge in [0.25, 0.3) is 0 Å². The van der Waals surface area contributed by atoms with Crippen LogP contribution in [-0.4, -0.2) is 11.1 Å². The number of rotatable bonds is 3. The van der Waals surface area contributed by atoms with Crippen molar-refractivity contribution in [3.05, 3.63) is 0 Å². The second kappa shape index (κ2) is 7.06. The molecule has 0 aliphatic rings. The second-order valence-corrected chi connectivity index (χ2v) is 9.75. The van der Waals surface area contributed by atoms with Crippen LogP contribution in [-0.2, 0) is 11.8 Å². The van der Waals surface area contributed by atoms with Gasteiger partial charge < -0.3 is 11.5 Å². The van der Waals surface area contributed by atoms with E-state index in [9.17, 15) is 0 Å². The molecule has 21 heavy (non-hydrogen) atoms. The van der Waals surface area contributed by atoms with Crippen molar-refractivity contribution in [3.63, 3.8) is 0 Å². The molecule has 0 saturated carbocycles. The van der Waals surface area contributed by atoms with Gasteiger partial charge in [-0.3, -0.25) is 0 Å². The number of hydrogen-bond acceptors (Lipinski definition) is 7. The van der Waals surface area contributed by atoms with Crippen molar-refractivity contribution in [1.29, 1.82) is 26.3 Å². The molecule has 0 aromatic carbocycles. The van der Waals surface area contributed by atoms with E-state index in [0.717, 1.165) is 12.8 Å². The minimum atomic E-state index is -4.78. The number of nitrogens with zero attached hydrogens (tertiary/aromatic N) is 5. The van der Waals surface area contributed by atoms with Gasteiger partial charge in [0.15, 0.2) is 0 Å². The van der Waals surface area contributed by atoms with Gasteiger partial charge in [-0.05, 0) is 40.5 Å². The molecule has 0 aromatic rings. The molecule has 8 heteroatoms. The van der Waals surface area contributed by atoms with E-state index >= 15 is 0 Å². The Hall–Kier alpha value is -2.11. The molecule has 0 amide bonds. The zero-order valence-corrected chi connectivity index (χ0v) is 13.8. The van der Waals surface area contributed by atoms with E-state index in [1.807, 2.05) is 27.7 Å². The van der Waals surface area contributed by atoms with Gasteiger partial charge in [0.05, 0.1) is 0 Å². The average molecular weight is 330 g/mol. The van der Waals surface area contributed by atoms with Crippen LogP contribution in [0, 0.1) is 51.1 Å². The summed E-state index contributed by atoms with van der Waals surface area (Å²) in [6, 6.07) is 0. The molecular weight excluding hydrogens is 310 g/mol. The van der Waals surface area contributed by atoms with Crippen molar-refractivity contribution < 1.29 is 11.8 Å². The van der Waals surface area contributed by atoms with E-state index in [4.69, 9.17) is 37.8 Å². The molecular formula is C13H20FeN7. The SMILES string of the molecule is CC(C)(N)CCC(C)(C)N.N#[C][Fe]([C]#N)([C]#N)([C]#N)[C]#N. The molecule has 0 aliphatic carbocycles. The Morgan fingerprint density at radius 2 is 0.857 bits per heavy atom. The standard InChI is InChI=1S/C8H20N2.5CN.Fe/c1-7(2,9)5-6-8(3,4)10;5*1-2;/h5-6,9-10H2,1-4H3;;;;;;. The van der Waals surface area contributed by atoms with Gasteiger partial charge in [-0.15, -0.1) is 0 Å². The molecule has 7 nitrogen and oxygen atoms in total. The molecule has 0 fully saturated rings. The molecule has 0 saturated heterocycles. The molecule has 0 spiro atoms. The number of nitrogens with two attached hydrogens (primary N) is 2. The minimum absolute atomic E-state index is 0.0728. The summed E-state index contributed by atoms with van der Waals surface area (Å²) in [7, 11) is 0. The van der Waals surface area contributed by atoms with Crippen LogP contribution in [0.1, 0.15) is 40.5 Å². The fourth-order valence-electron chi connectivity index (χ4n) is 0.821. The third kappa shape index (κ3) is 7.29. The molecule has 0 heterocycles. The van der Waals surface area contributed by atoms with Crippen LogP contribution >= 0.6 is 0 Å². The normalized spacial score (nSPS) is 12.5. The Kier molecular flexibility index (Phi) is 7.12. The van der Waals surface area contributed by atoms with Crippen molar-refractivity contribution in [1.82, 2.24) is 0 Å². The van der Waals surface area contributed by atoms with E-state index in [2.05, 4.69) is 0 Å². The monoisotopic (exact) mass is 330 g/mol. The van der Waals surface area contributed by atoms with Gasteiger partial charge in [0.1, 0.15) is 0 Å². The maximum absolute atomic E-state index is 8.35. The van der Waals surface area contributed by atoms with Crippen LogP contribution in [0.15, 0.2) is 0 Å². The van der Waals surface area contributed by atoms with Gasteiger partial charge >= 0.3 is 62.9 Å². The Labute approximate surface area is 126 Å².